The minimum absolute atomic E-state index is 0.000784. The summed E-state index contributed by atoms with van der Waals surface area (Å²) in [7, 11) is 0. The Morgan fingerprint density at radius 3 is 3.04 bits per heavy atom. The number of rotatable bonds is 3. The molecule has 3 aromatic rings. The zero-order chi connectivity index (χ0) is 15.8. The molecule has 1 atom stereocenters. The number of halogens is 1. The van der Waals surface area contributed by atoms with Crippen LogP contribution in [0.2, 0.25) is 4.34 Å². The van der Waals surface area contributed by atoms with Crippen molar-refractivity contribution in [1.82, 2.24) is 15.0 Å². The summed E-state index contributed by atoms with van der Waals surface area (Å²) in [5.41, 5.74) is 0. The highest BCUT2D eigenvalue weighted by Crippen LogP contribution is 2.30. The van der Waals surface area contributed by atoms with E-state index in [0.717, 1.165) is 6.42 Å². The van der Waals surface area contributed by atoms with E-state index in [-0.39, 0.29) is 11.8 Å². The zero-order valence-corrected chi connectivity index (χ0v) is 13.5. The van der Waals surface area contributed by atoms with Crippen LogP contribution in [-0.4, -0.2) is 34.0 Å². The molecular weight excluding hydrogens is 338 g/mol. The van der Waals surface area contributed by atoms with Gasteiger partial charge in [0.2, 0.25) is 0 Å². The number of hydrogen-bond donors (Lipinski definition) is 0. The lowest BCUT2D eigenvalue weighted by Gasteiger charge is -2.14. The standard InChI is InChI=1S/C15H12ClN3O3S/c16-12-4-3-11(23-12)15(20)19-6-5-9(8-19)13-17-14(22-18-13)10-2-1-7-21-10/h1-4,7,9H,5-6,8H2/t9-/m0/s1. The molecule has 0 unspecified atom stereocenters. The number of hydrogen-bond acceptors (Lipinski definition) is 6. The fraction of sp³-hybridized carbons (Fsp3) is 0.267. The summed E-state index contributed by atoms with van der Waals surface area (Å²) in [6.45, 7) is 1.25. The largest absolute Gasteiger partial charge is 0.459 e. The van der Waals surface area contributed by atoms with Crippen molar-refractivity contribution in [3.63, 3.8) is 0 Å². The molecule has 1 saturated heterocycles. The molecule has 1 aliphatic heterocycles. The Labute approximate surface area is 140 Å². The average Bonchev–Trinajstić information content (AvgIpc) is 3.30. The van der Waals surface area contributed by atoms with Gasteiger partial charge >= 0.3 is 0 Å². The molecule has 0 bridgehead atoms. The molecule has 3 aromatic heterocycles. The second-order valence-electron chi connectivity index (χ2n) is 5.28. The predicted molar refractivity (Wildman–Crippen MR) is 84.6 cm³/mol. The second-order valence-corrected chi connectivity index (χ2v) is 6.99. The highest BCUT2D eigenvalue weighted by Gasteiger charge is 2.31. The maximum atomic E-state index is 12.4. The van der Waals surface area contributed by atoms with Gasteiger partial charge in [-0.3, -0.25) is 4.79 Å². The van der Waals surface area contributed by atoms with Crippen LogP contribution in [-0.2, 0) is 0 Å². The number of carbonyl (C=O) groups excluding carboxylic acids is 1. The Balaban J connectivity index is 1.47. The van der Waals surface area contributed by atoms with Crippen LogP contribution in [0.1, 0.15) is 27.8 Å². The summed E-state index contributed by atoms with van der Waals surface area (Å²) >= 11 is 7.19. The third kappa shape index (κ3) is 2.77. The molecule has 0 aliphatic carbocycles. The molecule has 1 amide bonds. The van der Waals surface area contributed by atoms with Gasteiger partial charge in [0, 0.05) is 19.0 Å². The molecule has 23 heavy (non-hydrogen) atoms. The molecule has 8 heteroatoms. The van der Waals surface area contributed by atoms with Crippen LogP contribution >= 0.6 is 22.9 Å². The summed E-state index contributed by atoms with van der Waals surface area (Å²) in [4.78, 5) is 19.3. The molecule has 4 rings (SSSR count). The summed E-state index contributed by atoms with van der Waals surface area (Å²) < 4.78 is 11.1. The molecule has 1 fully saturated rings. The van der Waals surface area contributed by atoms with Crippen molar-refractivity contribution in [3.05, 3.63) is 45.6 Å². The van der Waals surface area contributed by atoms with Gasteiger partial charge in [0.1, 0.15) is 0 Å². The van der Waals surface area contributed by atoms with Crippen molar-refractivity contribution in [3.8, 4) is 11.7 Å². The van der Waals surface area contributed by atoms with E-state index < -0.39 is 0 Å². The first-order valence-corrected chi connectivity index (χ1v) is 8.32. The lowest BCUT2D eigenvalue weighted by molar-refractivity contribution is 0.0795. The molecule has 4 heterocycles. The molecule has 6 nitrogen and oxygen atoms in total. The second kappa shape index (κ2) is 5.82. The van der Waals surface area contributed by atoms with Gasteiger partial charge in [0.05, 0.1) is 15.5 Å². The van der Waals surface area contributed by atoms with Crippen molar-refractivity contribution in [2.24, 2.45) is 0 Å². The lowest BCUT2D eigenvalue weighted by Crippen LogP contribution is -2.27. The third-order valence-corrected chi connectivity index (χ3v) is 5.02. The van der Waals surface area contributed by atoms with Gasteiger partial charge in [-0.2, -0.15) is 4.98 Å². The van der Waals surface area contributed by atoms with Gasteiger partial charge in [-0.1, -0.05) is 16.8 Å². The van der Waals surface area contributed by atoms with Crippen LogP contribution in [0.25, 0.3) is 11.7 Å². The number of aromatic nitrogens is 2. The molecule has 0 radical (unpaired) electrons. The van der Waals surface area contributed by atoms with Crippen molar-refractivity contribution in [2.75, 3.05) is 13.1 Å². The summed E-state index contributed by atoms with van der Waals surface area (Å²) in [5.74, 6) is 1.58. The van der Waals surface area contributed by atoms with Crippen LogP contribution in [0.15, 0.2) is 39.5 Å². The molecule has 0 saturated carbocycles. The molecule has 1 aliphatic rings. The molecular formula is C15H12ClN3O3S. The van der Waals surface area contributed by atoms with E-state index >= 15 is 0 Å². The quantitative estimate of drug-likeness (QED) is 0.721. The van der Waals surface area contributed by atoms with Gasteiger partial charge in [-0.15, -0.1) is 11.3 Å². The third-order valence-electron chi connectivity index (χ3n) is 3.80. The molecule has 118 valence electrons. The van der Waals surface area contributed by atoms with E-state index in [2.05, 4.69) is 10.1 Å². The Morgan fingerprint density at radius 2 is 2.30 bits per heavy atom. The number of nitrogens with zero attached hydrogens (tertiary/aromatic N) is 3. The molecule has 0 spiro atoms. The fourth-order valence-corrected chi connectivity index (χ4v) is 3.65. The minimum atomic E-state index is -0.000784. The topological polar surface area (TPSA) is 72.4 Å². The number of likely N-dealkylation sites (tertiary alicyclic amines) is 1. The average molecular weight is 350 g/mol. The van der Waals surface area contributed by atoms with Gasteiger partial charge in [0.15, 0.2) is 11.6 Å². The summed E-state index contributed by atoms with van der Waals surface area (Å²) in [5, 5.41) is 4.02. The van der Waals surface area contributed by atoms with Gasteiger partial charge in [-0.25, -0.2) is 0 Å². The lowest BCUT2D eigenvalue weighted by atomic mass is 10.1. The minimum Gasteiger partial charge on any atom is -0.459 e. The van der Waals surface area contributed by atoms with E-state index in [0.29, 0.717) is 39.8 Å². The maximum Gasteiger partial charge on any atom is 0.293 e. The highest BCUT2D eigenvalue weighted by atomic mass is 35.5. The molecule has 0 aromatic carbocycles. The predicted octanol–water partition coefficient (Wildman–Crippen LogP) is 3.67. The van der Waals surface area contributed by atoms with Crippen LogP contribution < -0.4 is 0 Å². The maximum absolute atomic E-state index is 12.4. The van der Waals surface area contributed by atoms with E-state index in [1.165, 1.54) is 11.3 Å². The van der Waals surface area contributed by atoms with Crippen molar-refractivity contribution >= 4 is 28.8 Å². The van der Waals surface area contributed by atoms with Crippen LogP contribution in [0.3, 0.4) is 0 Å². The van der Waals surface area contributed by atoms with Crippen LogP contribution in [0, 0.1) is 0 Å². The fourth-order valence-electron chi connectivity index (χ4n) is 2.64. The first kappa shape index (κ1) is 14.5. The van der Waals surface area contributed by atoms with Crippen LogP contribution in [0.4, 0.5) is 0 Å². The zero-order valence-electron chi connectivity index (χ0n) is 11.9. The Bertz CT molecular complexity index is 827. The number of amides is 1. The first-order valence-electron chi connectivity index (χ1n) is 7.13. The first-order chi connectivity index (χ1) is 11.2. The van der Waals surface area contributed by atoms with E-state index in [1.807, 2.05) is 0 Å². The summed E-state index contributed by atoms with van der Waals surface area (Å²) in [6.07, 6.45) is 2.36. The smallest absolute Gasteiger partial charge is 0.293 e. The van der Waals surface area contributed by atoms with Crippen LogP contribution in [0.5, 0.6) is 0 Å². The Hall–Kier alpha value is -2.12. The Kier molecular flexibility index (Phi) is 3.66. The normalized spacial score (nSPS) is 17.8. The number of carbonyl (C=O) groups is 1. The number of thiophene rings is 1. The van der Waals surface area contributed by atoms with E-state index in [4.69, 9.17) is 20.5 Å². The van der Waals surface area contributed by atoms with Gasteiger partial charge in [0.25, 0.3) is 11.8 Å². The van der Waals surface area contributed by atoms with Crippen molar-refractivity contribution in [1.29, 1.82) is 0 Å². The van der Waals surface area contributed by atoms with Gasteiger partial charge < -0.3 is 13.8 Å². The van der Waals surface area contributed by atoms with Gasteiger partial charge in [-0.05, 0) is 30.7 Å². The van der Waals surface area contributed by atoms with E-state index in [9.17, 15) is 4.79 Å². The van der Waals surface area contributed by atoms with Crippen molar-refractivity contribution < 1.29 is 13.7 Å². The monoisotopic (exact) mass is 349 g/mol. The van der Waals surface area contributed by atoms with E-state index in [1.54, 1.807) is 35.4 Å². The van der Waals surface area contributed by atoms with Crippen molar-refractivity contribution in [2.45, 2.75) is 12.3 Å². The highest BCUT2D eigenvalue weighted by molar-refractivity contribution is 7.17. The number of furan rings is 1. The molecule has 0 N–H and O–H groups in total. The SMILES string of the molecule is O=C(c1ccc(Cl)s1)N1CC[C@H](c2noc(-c3ccco3)n2)C1. The summed E-state index contributed by atoms with van der Waals surface area (Å²) in [6, 6.07) is 7.03. The Morgan fingerprint density at radius 1 is 1.39 bits per heavy atom.